The van der Waals surface area contributed by atoms with Crippen LogP contribution >= 0.6 is 0 Å². The summed E-state index contributed by atoms with van der Waals surface area (Å²) >= 11 is 0. The largest absolute Gasteiger partial charge is 0.493 e. The van der Waals surface area contributed by atoms with Gasteiger partial charge in [-0.2, -0.15) is 0 Å². The summed E-state index contributed by atoms with van der Waals surface area (Å²) in [4.78, 5) is 29.5. The number of rotatable bonds is 10. The first-order valence-corrected chi connectivity index (χ1v) is 14.4. The molecule has 9 nitrogen and oxygen atoms in total. The minimum Gasteiger partial charge on any atom is -0.493 e. The number of carbonyl (C=O) groups is 2. The van der Waals surface area contributed by atoms with E-state index >= 15 is 4.39 Å². The number of fused-ring (bicyclic) bond motifs is 1. The van der Waals surface area contributed by atoms with Crippen LogP contribution in [0.25, 0.3) is 10.9 Å². The van der Waals surface area contributed by atoms with Gasteiger partial charge >= 0.3 is 11.8 Å². The van der Waals surface area contributed by atoms with Gasteiger partial charge < -0.3 is 30.2 Å². The van der Waals surface area contributed by atoms with Crippen LogP contribution < -0.4 is 30.2 Å². The molecule has 0 spiro atoms. The molecule has 4 aromatic rings. The van der Waals surface area contributed by atoms with Gasteiger partial charge in [-0.3, -0.25) is 14.6 Å². The van der Waals surface area contributed by atoms with Gasteiger partial charge in [-0.15, -0.1) is 0 Å². The number of anilines is 1. The highest BCUT2D eigenvalue weighted by molar-refractivity contribution is 6.39. The number of aromatic nitrogens is 1. The zero-order valence-corrected chi connectivity index (χ0v) is 24.2. The molecule has 0 aliphatic carbocycles. The van der Waals surface area contributed by atoms with Crippen LogP contribution in [-0.4, -0.2) is 43.6 Å². The maximum absolute atomic E-state index is 15.1. The lowest BCUT2D eigenvalue weighted by Crippen LogP contribution is -2.37. The molecule has 43 heavy (non-hydrogen) atoms. The molecular formula is C33H35FN4O5. The van der Waals surface area contributed by atoms with E-state index in [2.05, 4.69) is 20.9 Å². The van der Waals surface area contributed by atoms with Crippen molar-refractivity contribution in [2.24, 2.45) is 5.92 Å². The topological polar surface area (TPSA) is 111 Å². The molecule has 0 saturated carbocycles. The molecule has 5 rings (SSSR count). The summed E-state index contributed by atoms with van der Waals surface area (Å²) in [6, 6.07) is 18.2. The smallest absolute Gasteiger partial charge is 0.313 e. The average Bonchev–Trinajstić information content (AvgIpc) is 3.04. The van der Waals surface area contributed by atoms with Crippen molar-refractivity contribution in [3.63, 3.8) is 0 Å². The quantitative estimate of drug-likeness (QED) is 0.203. The lowest BCUT2D eigenvalue weighted by molar-refractivity contribution is -0.136. The van der Waals surface area contributed by atoms with Crippen LogP contribution in [0.2, 0.25) is 0 Å². The van der Waals surface area contributed by atoms with E-state index in [0.29, 0.717) is 47.1 Å². The lowest BCUT2D eigenvalue weighted by atomic mass is 9.99. The number of ether oxygens (including phenoxy) is 3. The molecule has 224 valence electrons. The molecule has 2 amide bonds. The molecule has 10 heteroatoms. The highest BCUT2D eigenvalue weighted by Crippen LogP contribution is 2.38. The number of methoxy groups -OCH3 is 1. The molecular weight excluding hydrogens is 551 g/mol. The van der Waals surface area contributed by atoms with Gasteiger partial charge in [0.25, 0.3) is 0 Å². The van der Waals surface area contributed by atoms with Crippen LogP contribution in [0.5, 0.6) is 23.0 Å². The van der Waals surface area contributed by atoms with Crippen LogP contribution in [0.3, 0.4) is 0 Å². The third kappa shape index (κ3) is 7.39. The van der Waals surface area contributed by atoms with Crippen LogP contribution in [0.1, 0.15) is 37.8 Å². The number of nitrogens with zero attached hydrogens (tertiary/aromatic N) is 1. The Hall–Kier alpha value is -4.70. The van der Waals surface area contributed by atoms with Crippen LogP contribution in [0.15, 0.2) is 72.9 Å². The molecule has 1 aliphatic rings. The van der Waals surface area contributed by atoms with Crippen molar-refractivity contribution in [2.75, 3.05) is 32.1 Å². The van der Waals surface area contributed by atoms with Crippen molar-refractivity contribution in [1.29, 1.82) is 0 Å². The van der Waals surface area contributed by atoms with E-state index in [0.717, 1.165) is 37.6 Å². The van der Waals surface area contributed by atoms with E-state index < -0.39 is 17.6 Å². The van der Waals surface area contributed by atoms with Crippen molar-refractivity contribution < 1.29 is 28.2 Å². The number of hydrogen-bond donors (Lipinski definition) is 3. The van der Waals surface area contributed by atoms with Gasteiger partial charge in [0, 0.05) is 29.4 Å². The van der Waals surface area contributed by atoms with E-state index in [9.17, 15) is 9.59 Å². The Balaban J connectivity index is 1.26. The summed E-state index contributed by atoms with van der Waals surface area (Å²) < 4.78 is 32.7. The lowest BCUT2D eigenvalue weighted by Gasteiger charge is -2.23. The molecule has 1 atom stereocenters. The highest BCUT2D eigenvalue weighted by Gasteiger charge is 2.20. The highest BCUT2D eigenvalue weighted by atomic mass is 19.1. The molecule has 3 N–H and O–H groups in total. The number of halogens is 1. The van der Waals surface area contributed by atoms with Crippen molar-refractivity contribution >= 4 is 28.4 Å². The number of hydrogen-bond acceptors (Lipinski definition) is 7. The van der Waals surface area contributed by atoms with E-state index in [1.807, 2.05) is 37.3 Å². The Bertz CT molecular complexity index is 1580. The molecule has 2 heterocycles. The Morgan fingerprint density at radius 2 is 1.77 bits per heavy atom. The van der Waals surface area contributed by atoms with Gasteiger partial charge in [-0.05, 0) is 68.1 Å². The van der Waals surface area contributed by atoms with Crippen molar-refractivity contribution in [1.82, 2.24) is 15.6 Å². The number of amides is 2. The van der Waals surface area contributed by atoms with Crippen LogP contribution in [-0.2, 0) is 9.59 Å². The number of nitrogens with one attached hydrogen (secondary N) is 3. The third-order valence-electron chi connectivity index (χ3n) is 7.45. The third-order valence-corrected chi connectivity index (χ3v) is 7.45. The predicted molar refractivity (Wildman–Crippen MR) is 162 cm³/mol. The Morgan fingerprint density at radius 1 is 0.977 bits per heavy atom. The van der Waals surface area contributed by atoms with E-state index in [-0.39, 0.29) is 17.5 Å². The summed E-state index contributed by atoms with van der Waals surface area (Å²) in [6.45, 7) is 4.47. The average molecular weight is 587 g/mol. The fourth-order valence-electron chi connectivity index (χ4n) is 5.04. The normalized spacial score (nSPS) is 14.1. The minimum absolute atomic E-state index is 0.0599. The Morgan fingerprint density at radius 3 is 2.49 bits per heavy atom. The molecule has 1 unspecified atom stereocenters. The molecule has 3 aromatic carbocycles. The summed E-state index contributed by atoms with van der Waals surface area (Å²) in [6.07, 6.45) is 4.29. The predicted octanol–water partition coefficient (Wildman–Crippen LogP) is 5.76. The van der Waals surface area contributed by atoms with Gasteiger partial charge in [0.05, 0.1) is 25.3 Å². The SMILES string of the molecule is CCC(NC(=O)C(=O)Nc1ccc(Oc2ccnc3cc(OCC4CCNCC4)c(OC)cc23)c(F)c1)c1ccccc1. The first kappa shape index (κ1) is 29.8. The van der Waals surface area contributed by atoms with Gasteiger partial charge in [0.1, 0.15) is 5.75 Å². The van der Waals surface area contributed by atoms with E-state index in [1.165, 1.54) is 12.1 Å². The maximum atomic E-state index is 15.1. The molecule has 1 saturated heterocycles. The second-order valence-electron chi connectivity index (χ2n) is 10.4. The summed E-state index contributed by atoms with van der Waals surface area (Å²) in [5, 5.41) is 9.14. The maximum Gasteiger partial charge on any atom is 0.313 e. The van der Waals surface area contributed by atoms with Crippen molar-refractivity contribution in [3.8, 4) is 23.0 Å². The van der Waals surface area contributed by atoms with Crippen LogP contribution in [0.4, 0.5) is 10.1 Å². The fraction of sp³-hybridized carbons (Fsp3) is 0.303. The zero-order chi connectivity index (χ0) is 30.2. The zero-order valence-electron chi connectivity index (χ0n) is 24.2. The van der Waals surface area contributed by atoms with Gasteiger partial charge in [-0.25, -0.2) is 4.39 Å². The molecule has 1 aliphatic heterocycles. The first-order chi connectivity index (χ1) is 20.9. The van der Waals surface area contributed by atoms with Gasteiger partial charge in [-0.1, -0.05) is 37.3 Å². The van der Waals surface area contributed by atoms with Gasteiger partial charge in [0.2, 0.25) is 0 Å². The summed E-state index contributed by atoms with van der Waals surface area (Å²) in [7, 11) is 1.56. The molecule has 1 aromatic heterocycles. The summed E-state index contributed by atoms with van der Waals surface area (Å²) in [5.41, 5.74) is 1.62. The number of pyridine rings is 1. The second-order valence-corrected chi connectivity index (χ2v) is 10.4. The number of piperidine rings is 1. The first-order valence-electron chi connectivity index (χ1n) is 14.4. The number of carbonyl (C=O) groups excluding carboxylic acids is 2. The van der Waals surface area contributed by atoms with E-state index in [1.54, 1.807) is 31.5 Å². The minimum atomic E-state index is -0.896. The van der Waals surface area contributed by atoms with Crippen molar-refractivity contribution in [3.05, 3.63) is 84.3 Å². The Labute approximate surface area is 249 Å². The monoisotopic (exact) mass is 586 g/mol. The van der Waals surface area contributed by atoms with E-state index in [4.69, 9.17) is 14.2 Å². The molecule has 0 radical (unpaired) electrons. The second kappa shape index (κ2) is 14.0. The summed E-state index contributed by atoms with van der Waals surface area (Å²) in [5.74, 6) is -0.536. The number of benzene rings is 3. The van der Waals surface area contributed by atoms with Gasteiger partial charge in [0.15, 0.2) is 23.1 Å². The standard InChI is InChI=1S/C33H35FN4O5/c1-3-26(22-7-5-4-6-8-22)38-33(40)32(39)37-23-9-10-29(25(34)17-23)43-28-13-16-36-27-19-31(30(41-2)18-24(27)28)42-20-21-11-14-35-15-12-21/h4-10,13,16-19,21,26,35H,3,11-12,14-15,20H2,1-2H3,(H,37,39)(H,38,40). The molecule has 0 bridgehead atoms. The fourth-order valence-corrected chi connectivity index (χ4v) is 5.04. The van der Waals surface area contributed by atoms with Crippen LogP contribution in [0, 0.1) is 11.7 Å². The molecule has 1 fully saturated rings. The Kier molecular flexibility index (Phi) is 9.68. The van der Waals surface area contributed by atoms with Crippen molar-refractivity contribution in [2.45, 2.75) is 32.2 Å².